The molecule has 114 valence electrons. The fourth-order valence-corrected chi connectivity index (χ4v) is 2.54. The van der Waals surface area contributed by atoms with Crippen molar-refractivity contribution in [2.75, 3.05) is 6.26 Å². The number of esters is 1. The van der Waals surface area contributed by atoms with Gasteiger partial charge < -0.3 is 4.74 Å². The van der Waals surface area contributed by atoms with Crippen LogP contribution in [-0.2, 0) is 0 Å². The van der Waals surface area contributed by atoms with Gasteiger partial charge in [0.05, 0.1) is 20.4 Å². The summed E-state index contributed by atoms with van der Waals surface area (Å²) in [4.78, 5) is 23.0. The Morgan fingerprint density at radius 1 is 1.23 bits per heavy atom. The van der Waals surface area contributed by atoms with Crippen molar-refractivity contribution in [3.63, 3.8) is 0 Å². The number of hydrogen-bond acceptors (Lipinski definition) is 5. The minimum Gasteiger partial charge on any atom is -0.421 e. The summed E-state index contributed by atoms with van der Waals surface area (Å²) < 4.78 is 5.14. The molecule has 0 saturated heterocycles. The molecule has 8 heteroatoms. The van der Waals surface area contributed by atoms with Gasteiger partial charge in [-0.25, -0.2) is 4.79 Å². The highest BCUT2D eigenvalue weighted by atomic mass is 35.5. The molecule has 0 heterocycles. The quantitative estimate of drug-likeness (QED) is 0.257. The second kappa shape index (κ2) is 7.00. The Kier molecular flexibility index (Phi) is 5.28. The molecule has 0 aliphatic carbocycles. The maximum Gasteiger partial charge on any atom is 0.343 e. The first-order valence-electron chi connectivity index (χ1n) is 5.92. The predicted molar refractivity (Wildman–Crippen MR) is 86.3 cm³/mol. The fourth-order valence-electron chi connectivity index (χ4n) is 1.67. The molecule has 0 saturated carbocycles. The number of nitrogens with zero attached hydrogens (tertiary/aromatic N) is 1. The van der Waals surface area contributed by atoms with Crippen molar-refractivity contribution in [2.45, 2.75) is 4.90 Å². The van der Waals surface area contributed by atoms with E-state index in [9.17, 15) is 14.9 Å². The van der Waals surface area contributed by atoms with Crippen LogP contribution in [0.25, 0.3) is 0 Å². The molecule has 0 unspecified atom stereocenters. The molecule has 2 aromatic rings. The van der Waals surface area contributed by atoms with E-state index in [0.717, 1.165) is 0 Å². The lowest BCUT2D eigenvalue weighted by Gasteiger charge is -2.07. The van der Waals surface area contributed by atoms with Crippen LogP contribution in [0.5, 0.6) is 5.75 Å². The average Bonchev–Trinajstić information content (AvgIpc) is 2.50. The van der Waals surface area contributed by atoms with Crippen molar-refractivity contribution in [1.29, 1.82) is 0 Å². The summed E-state index contributed by atoms with van der Waals surface area (Å²) >= 11 is 12.9. The lowest BCUT2D eigenvalue weighted by atomic mass is 10.2. The molecule has 0 atom stereocenters. The van der Waals surface area contributed by atoms with E-state index in [1.807, 2.05) is 0 Å². The number of hydrogen-bond donors (Lipinski definition) is 0. The van der Waals surface area contributed by atoms with Crippen LogP contribution < -0.4 is 4.74 Å². The van der Waals surface area contributed by atoms with Crippen LogP contribution in [0.15, 0.2) is 41.3 Å². The molecular formula is C14H9Cl2NO4S. The third-order valence-corrected chi connectivity index (χ3v) is 4.04. The van der Waals surface area contributed by atoms with E-state index in [4.69, 9.17) is 27.9 Å². The smallest absolute Gasteiger partial charge is 0.343 e. The van der Waals surface area contributed by atoms with Gasteiger partial charge in [0.15, 0.2) is 5.75 Å². The zero-order valence-electron chi connectivity index (χ0n) is 11.2. The van der Waals surface area contributed by atoms with Gasteiger partial charge in [-0.2, -0.15) is 0 Å². The first kappa shape index (κ1) is 16.6. The number of carbonyl (C=O) groups is 1. The number of benzene rings is 2. The second-order valence-electron chi connectivity index (χ2n) is 4.11. The minimum absolute atomic E-state index is 0.0561. The van der Waals surface area contributed by atoms with Crippen LogP contribution in [0.1, 0.15) is 10.4 Å². The lowest BCUT2D eigenvalue weighted by Crippen LogP contribution is -2.09. The zero-order valence-corrected chi connectivity index (χ0v) is 13.5. The van der Waals surface area contributed by atoms with Gasteiger partial charge in [0.25, 0.3) is 5.69 Å². The van der Waals surface area contributed by atoms with Gasteiger partial charge in [0.1, 0.15) is 0 Å². The van der Waals surface area contributed by atoms with Crippen molar-refractivity contribution in [2.24, 2.45) is 0 Å². The molecule has 0 amide bonds. The summed E-state index contributed by atoms with van der Waals surface area (Å²) in [6.45, 7) is 0. The van der Waals surface area contributed by atoms with E-state index >= 15 is 0 Å². The van der Waals surface area contributed by atoms with E-state index in [-0.39, 0.29) is 22.0 Å². The van der Waals surface area contributed by atoms with E-state index in [2.05, 4.69) is 0 Å². The van der Waals surface area contributed by atoms with Gasteiger partial charge in [-0.15, -0.1) is 11.8 Å². The highest BCUT2D eigenvalue weighted by Crippen LogP contribution is 2.31. The number of rotatable bonds is 4. The van der Waals surface area contributed by atoms with Gasteiger partial charge >= 0.3 is 5.97 Å². The van der Waals surface area contributed by atoms with E-state index in [1.54, 1.807) is 12.3 Å². The maximum atomic E-state index is 12.1. The normalized spacial score (nSPS) is 10.3. The molecule has 0 fully saturated rings. The number of nitro benzene ring substituents is 1. The molecule has 0 radical (unpaired) electrons. The molecule has 0 bridgehead atoms. The Morgan fingerprint density at radius 2 is 1.95 bits per heavy atom. The Balaban J connectivity index is 2.32. The third kappa shape index (κ3) is 3.71. The van der Waals surface area contributed by atoms with Crippen molar-refractivity contribution in [3.05, 3.63) is 62.1 Å². The van der Waals surface area contributed by atoms with Gasteiger partial charge in [-0.3, -0.25) is 10.1 Å². The van der Waals surface area contributed by atoms with Crippen molar-refractivity contribution >= 4 is 46.6 Å². The zero-order chi connectivity index (χ0) is 16.3. The molecule has 0 spiro atoms. The summed E-state index contributed by atoms with van der Waals surface area (Å²) in [6.07, 6.45) is 1.71. The summed E-state index contributed by atoms with van der Waals surface area (Å²) in [6, 6.07) is 8.57. The van der Waals surface area contributed by atoms with Crippen LogP contribution in [0.4, 0.5) is 5.69 Å². The number of carbonyl (C=O) groups excluding carboxylic acids is 1. The van der Waals surface area contributed by atoms with Gasteiger partial charge in [-0.1, -0.05) is 23.2 Å². The molecule has 0 aliphatic heterocycles. The molecule has 2 aromatic carbocycles. The monoisotopic (exact) mass is 357 g/mol. The lowest BCUT2D eigenvalue weighted by molar-refractivity contribution is -0.387. The Bertz CT molecular complexity index is 752. The average molecular weight is 358 g/mol. The van der Waals surface area contributed by atoms with Crippen molar-refractivity contribution < 1.29 is 14.5 Å². The van der Waals surface area contributed by atoms with Crippen LogP contribution in [-0.4, -0.2) is 17.1 Å². The SMILES string of the molecule is CSc1ccc(C(=O)Oc2cc(Cl)ccc2Cl)cc1[N+](=O)[O-]. The van der Waals surface area contributed by atoms with Crippen LogP contribution in [0, 0.1) is 10.1 Å². The number of thioether (sulfide) groups is 1. The van der Waals surface area contributed by atoms with Gasteiger partial charge in [0, 0.05) is 17.2 Å². The fraction of sp³-hybridized carbons (Fsp3) is 0.0714. The van der Waals surface area contributed by atoms with Crippen LogP contribution in [0.2, 0.25) is 10.0 Å². The molecule has 0 N–H and O–H groups in total. The summed E-state index contributed by atoms with van der Waals surface area (Å²) in [5.41, 5.74) is -0.0975. The standard InChI is InChI=1S/C14H9Cl2NO4S/c1-22-13-5-2-8(6-11(13)17(19)20)14(18)21-12-7-9(15)3-4-10(12)16/h2-7H,1H3. The highest BCUT2D eigenvalue weighted by molar-refractivity contribution is 7.98. The minimum atomic E-state index is -0.750. The molecule has 5 nitrogen and oxygen atoms in total. The maximum absolute atomic E-state index is 12.1. The highest BCUT2D eigenvalue weighted by Gasteiger charge is 2.19. The van der Waals surface area contributed by atoms with E-state index in [1.165, 1.54) is 42.1 Å². The molecule has 0 aromatic heterocycles. The summed E-state index contributed by atoms with van der Waals surface area (Å²) in [7, 11) is 0. The second-order valence-corrected chi connectivity index (χ2v) is 5.80. The molecule has 0 aliphatic rings. The number of ether oxygens (including phenoxy) is 1. The first-order valence-corrected chi connectivity index (χ1v) is 7.90. The summed E-state index contributed by atoms with van der Waals surface area (Å²) in [5.74, 6) is -0.657. The Labute approximate surface area is 140 Å². The number of nitro groups is 1. The molecule has 2 rings (SSSR count). The van der Waals surface area contributed by atoms with Crippen LogP contribution >= 0.6 is 35.0 Å². The van der Waals surface area contributed by atoms with Crippen LogP contribution in [0.3, 0.4) is 0 Å². The van der Waals surface area contributed by atoms with Gasteiger partial charge in [0.2, 0.25) is 0 Å². The largest absolute Gasteiger partial charge is 0.421 e. The van der Waals surface area contributed by atoms with E-state index in [0.29, 0.717) is 9.92 Å². The van der Waals surface area contributed by atoms with Gasteiger partial charge in [-0.05, 0) is 30.5 Å². The Hall–Kier alpha value is -1.76. The third-order valence-electron chi connectivity index (χ3n) is 2.71. The summed E-state index contributed by atoms with van der Waals surface area (Å²) in [5, 5.41) is 11.6. The van der Waals surface area contributed by atoms with Crippen molar-refractivity contribution in [3.8, 4) is 5.75 Å². The topological polar surface area (TPSA) is 69.4 Å². The Morgan fingerprint density at radius 3 is 2.59 bits per heavy atom. The first-order chi connectivity index (χ1) is 10.4. The molecule has 22 heavy (non-hydrogen) atoms. The van der Waals surface area contributed by atoms with Crippen molar-refractivity contribution in [1.82, 2.24) is 0 Å². The number of halogens is 2. The molecular weight excluding hydrogens is 349 g/mol. The van der Waals surface area contributed by atoms with E-state index < -0.39 is 10.9 Å². The predicted octanol–water partition coefficient (Wildman–Crippen LogP) is 4.84.